The molecular formula is C18H20FN3O3S. The maximum Gasteiger partial charge on any atom is 0.261 e. The standard InChI is InChI=1S/C18H20FN3O3S/c19-14-3-5-16(6-4-14)22-26(24,25)17-7-1-13(2-8-17)18(23)21-15-9-11-20-12-10-15/h1-8,15,20,22H,9-12H2,(H,21,23). The van der Waals surface area contributed by atoms with Crippen LogP contribution in [0.15, 0.2) is 53.4 Å². The van der Waals surface area contributed by atoms with Crippen molar-refractivity contribution in [1.82, 2.24) is 10.6 Å². The summed E-state index contributed by atoms with van der Waals surface area (Å²) in [5, 5.41) is 6.19. The number of nitrogens with one attached hydrogen (secondary N) is 3. The minimum absolute atomic E-state index is 0.0280. The van der Waals surface area contributed by atoms with Crippen molar-refractivity contribution in [2.75, 3.05) is 17.8 Å². The quantitative estimate of drug-likeness (QED) is 0.745. The lowest BCUT2D eigenvalue weighted by atomic mass is 10.1. The molecule has 0 spiro atoms. The summed E-state index contributed by atoms with van der Waals surface area (Å²) < 4.78 is 40.0. The smallest absolute Gasteiger partial charge is 0.261 e. The molecule has 3 N–H and O–H groups in total. The molecule has 2 aromatic carbocycles. The number of carbonyl (C=O) groups is 1. The maximum absolute atomic E-state index is 12.9. The van der Waals surface area contributed by atoms with Gasteiger partial charge in [-0.05, 0) is 74.5 Å². The summed E-state index contributed by atoms with van der Waals surface area (Å²) in [5.41, 5.74) is 0.670. The second-order valence-electron chi connectivity index (χ2n) is 6.13. The van der Waals surface area contributed by atoms with E-state index < -0.39 is 15.8 Å². The second-order valence-corrected chi connectivity index (χ2v) is 7.82. The largest absolute Gasteiger partial charge is 0.349 e. The molecule has 138 valence electrons. The van der Waals surface area contributed by atoms with E-state index in [4.69, 9.17) is 0 Å². The third-order valence-electron chi connectivity index (χ3n) is 4.20. The summed E-state index contributed by atoms with van der Waals surface area (Å²) in [4.78, 5) is 12.3. The first-order chi connectivity index (χ1) is 12.4. The lowest BCUT2D eigenvalue weighted by Gasteiger charge is -2.23. The number of carbonyl (C=O) groups excluding carboxylic acids is 1. The summed E-state index contributed by atoms with van der Waals surface area (Å²) in [5.74, 6) is -0.663. The van der Waals surface area contributed by atoms with E-state index in [-0.39, 0.29) is 22.5 Å². The van der Waals surface area contributed by atoms with Crippen molar-refractivity contribution in [3.63, 3.8) is 0 Å². The number of hydrogen-bond donors (Lipinski definition) is 3. The molecule has 0 bridgehead atoms. The number of benzene rings is 2. The average molecular weight is 377 g/mol. The Kier molecular flexibility index (Phi) is 5.53. The number of halogens is 1. The zero-order valence-corrected chi connectivity index (χ0v) is 14.9. The van der Waals surface area contributed by atoms with Gasteiger partial charge in [-0.25, -0.2) is 12.8 Å². The van der Waals surface area contributed by atoms with Crippen LogP contribution in [0.25, 0.3) is 0 Å². The normalized spacial score (nSPS) is 15.4. The van der Waals surface area contributed by atoms with E-state index in [0.717, 1.165) is 25.9 Å². The topological polar surface area (TPSA) is 87.3 Å². The lowest BCUT2D eigenvalue weighted by Crippen LogP contribution is -2.42. The fraction of sp³-hybridized carbons (Fsp3) is 0.278. The van der Waals surface area contributed by atoms with Gasteiger partial charge >= 0.3 is 0 Å². The molecular weight excluding hydrogens is 357 g/mol. The Morgan fingerprint density at radius 1 is 1.00 bits per heavy atom. The van der Waals surface area contributed by atoms with Crippen LogP contribution in [-0.2, 0) is 10.0 Å². The number of piperidine rings is 1. The van der Waals surface area contributed by atoms with Gasteiger partial charge in [-0.3, -0.25) is 9.52 Å². The molecule has 0 atom stereocenters. The van der Waals surface area contributed by atoms with Crippen LogP contribution in [0.1, 0.15) is 23.2 Å². The first-order valence-corrected chi connectivity index (χ1v) is 9.82. The van der Waals surface area contributed by atoms with Crippen molar-refractivity contribution >= 4 is 21.6 Å². The van der Waals surface area contributed by atoms with Crippen LogP contribution in [0.2, 0.25) is 0 Å². The molecule has 0 unspecified atom stereocenters. The molecule has 1 amide bonds. The number of hydrogen-bond acceptors (Lipinski definition) is 4. The minimum Gasteiger partial charge on any atom is -0.349 e. The molecule has 8 heteroatoms. The molecule has 2 aromatic rings. The van der Waals surface area contributed by atoms with Crippen molar-refractivity contribution in [2.45, 2.75) is 23.8 Å². The Labute approximate surface area is 151 Å². The van der Waals surface area contributed by atoms with Crippen LogP contribution in [0.3, 0.4) is 0 Å². The average Bonchev–Trinajstić information content (AvgIpc) is 2.64. The van der Waals surface area contributed by atoms with Gasteiger partial charge in [0.1, 0.15) is 5.82 Å². The number of anilines is 1. The van der Waals surface area contributed by atoms with Crippen molar-refractivity contribution in [2.24, 2.45) is 0 Å². The summed E-state index contributed by atoms with van der Waals surface area (Å²) in [7, 11) is -3.81. The summed E-state index contributed by atoms with van der Waals surface area (Å²) >= 11 is 0. The lowest BCUT2D eigenvalue weighted by molar-refractivity contribution is 0.0929. The van der Waals surface area contributed by atoms with Gasteiger partial charge in [-0.2, -0.15) is 0 Å². The van der Waals surface area contributed by atoms with Gasteiger partial charge in [0, 0.05) is 17.3 Å². The predicted molar refractivity (Wildman–Crippen MR) is 97.0 cm³/mol. The fourth-order valence-corrected chi connectivity index (χ4v) is 3.81. The van der Waals surface area contributed by atoms with Crippen LogP contribution >= 0.6 is 0 Å². The van der Waals surface area contributed by atoms with Gasteiger partial charge in [0.2, 0.25) is 0 Å². The van der Waals surface area contributed by atoms with Gasteiger partial charge in [-0.1, -0.05) is 0 Å². The number of amides is 1. The predicted octanol–water partition coefficient (Wildman–Crippen LogP) is 2.11. The van der Waals surface area contributed by atoms with Crippen molar-refractivity contribution in [3.8, 4) is 0 Å². The molecule has 0 saturated carbocycles. The third kappa shape index (κ3) is 4.59. The third-order valence-corrected chi connectivity index (χ3v) is 5.59. The van der Waals surface area contributed by atoms with Crippen LogP contribution < -0.4 is 15.4 Å². The Balaban J connectivity index is 1.67. The molecule has 0 aliphatic carbocycles. The van der Waals surface area contributed by atoms with E-state index in [1.165, 1.54) is 48.5 Å². The van der Waals surface area contributed by atoms with Crippen LogP contribution in [-0.4, -0.2) is 33.5 Å². The van der Waals surface area contributed by atoms with E-state index in [0.29, 0.717) is 5.56 Å². The van der Waals surface area contributed by atoms with Gasteiger partial charge in [0.05, 0.1) is 4.90 Å². The molecule has 1 fully saturated rings. The van der Waals surface area contributed by atoms with Crippen molar-refractivity contribution < 1.29 is 17.6 Å². The highest BCUT2D eigenvalue weighted by Gasteiger charge is 2.18. The molecule has 0 radical (unpaired) electrons. The minimum atomic E-state index is -3.81. The van der Waals surface area contributed by atoms with E-state index in [1.54, 1.807) is 0 Å². The first kappa shape index (κ1) is 18.3. The SMILES string of the molecule is O=C(NC1CCNCC1)c1ccc(S(=O)(=O)Nc2ccc(F)cc2)cc1. The van der Waals surface area contributed by atoms with E-state index in [2.05, 4.69) is 15.4 Å². The highest BCUT2D eigenvalue weighted by atomic mass is 32.2. The fourth-order valence-electron chi connectivity index (χ4n) is 2.75. The van der Waals surface area contributed by atoms with Gasteiger partial charge in [-0.15, -0.1) is 0 Å². The molecule has 1 aliphatic heterocycles. The number of rotatable bonds is 5. The molecule has 6 nitrogen and oxygen atoms in total. The zero-order chi connectivity index (χ0) is 18.6. The molecule has 1 heterocycles. The van der Waals surface area contributed by atoms with Gasteiger partial charge < -0.3 is 10.6 Å². The molecule has 26 heavy (non-hydrogen) atoms. The summed E-state index contributed by atoms with van der Waals surface area (Å²) in [6, 6.07) is 10.9. The highest BCUT2D eigenvalue weighted by Crippen LogP contribution is 2.17. The van der Waals surface area contributed by atoms with Crippen molar-refractivity contribution in [1.29, 1.82) is 0 Å². The Morgan fingerprint density at radius 2 is 1.62 bits per heavy atom. The van der Waals surface area contributed by atoms with E-state index in [1.807, 2.05) is 0 Å². The Bertz CT molecular complexity index is 862. The maximum atomic E-state index is 12.9. The van der Waals surface area contributed by atoms with Crippen LogP contribution in [0.5, 0.6) is 0 Å². The Morgan fingerprint density at radius 3 is 2.23 bits per heavy atom. The zero-order valence-electron chi connectivity index (χ0n) is 14.0. The van der Waals surface area contributed by atoms with Crippen LogP contribution in [0.4, 0.5) is 10.1 Å². The van der Waals surface area contributed by atoms with Crippen molar-refractivity contribution in [3.05, 3.63) is 59.9 Å². The molecule has 3 rings (SSSR count). The summed E-state index contributed by atoms with van der Waals surface area (Å²) in [6.45, 7) is 1.74. The highest BCUT2D eigenvalue weighted by molar-refractivity contribution is 7.92. The van der Waals surface area contributed by atoms with E-state index in [9.17, 15) is 17.6 Å². The first-order valence-electron chi connectivity index (χ1n) is 8.34. The van der Waals surface area contributed by atoms with Gasteiger partial charge in [0.15, 0.2) is 0 Å². The van der Waals surface area contributed by atoms with E-state index >= 15 is 0 Å². The molecule has 1 aliphatic rings. The van der Waals surface area contributed by atoms with Crippen LogP contribution in [0, 0.1) is 5.82 Å². The molecule has 1 saturated heterocycles. The Hall–Kier alpha value is -2.45. The monoisotopic (exact) mass is 377 g/mol. The second kappa shape index (κ2) is 7.84. The summed E-state index contributed by atoms with van der Waals surface area (Å²) in [6.07, 6.45) is 1.75. The number of sulfonamides is 1. The molecule has 0 aromatic heterocycles. The van der Waals surface area contributed by atoms with Gasteiger partial charge in [0.25, 0.3) is 15.9 Å².